The Balaban J connectivity index is 1.63. The zero-order valence-electron chi connectivity index (χ0n) is 21.9. The van der Waals surface area contributed by atoms with Gasteiger partial charge in [0.1, 0.15) is 11.6 Å². The van der Waals surface area contributed by atoms with Gasteiger partial charge in [0, 0.05) is 26.2 Å². The van der Waals surface area contributed by atoms with Crippen molar-refractivity contribution in [2.45, 2.75) is 63.4 Å². The molecule has 0 radical (unpaired) electrons. The Morgan fingerprint density at radius 1 is 0.973 bits per heavy atom. The normalized spacial score (nSPS) is 33.8. The summed E-state index contributed by atoms with van der Waals surface area (Å²) in [6, 6.07) is 8.17. The first-order chi connectivity index (χ1) is 17.8. The number of carbonyl (C=O) groups excluding carboxylic acids is 3. The summed E-state index contributed by atoms with van der Waals surface area (Å²) < 4.78 is 6.93. The fraction of sp³-hybridized carbons (Fsp3) is 0.552. The van der Waals surface area contributed by atoms with Crippen molar-refractivity contribution in [2.75, 3.05) is 26.2 Å². The number of ether oxygens (including phenoxy) is 1. The van der Waals surface area contributed by atoms with E-state index in [9.17, 15) is 19.5 Å². The van der Waals surface area contributed by atoms with Gasteiger partial charge in [-0.05, 0) is 25.3 Å². The van der Waals surface area contributed by atoms with E-state index in [1.165, 1.54) is 4.90 Å². The lowest BCUT2D eigenvalue weighted by atomic mass is 9.73. The molecular weight excluding hydrogens is 470 g/mol. The number of hydrogen-bond acceptors (Lipinski definition) is 5. The molecule has 1 spiro atoms. The summed E-state index contributed by atoms with van der Waals surface area (Å²) >= 11 is 0. The largest absolute Gasteiger partial charge is 0.394 e. The van der Waals surface area contributed by atoms with Crippen molar-refractivity contribution in [1.29, 1.82) is 0 Å². The van der Waals surface area contributed by atoms with Crippen LogP contribution >= 0.6 is 0 Å². The topological polar surface area (TPSA) is 90.4 Å². The molecule has 5 rings (SSSR count). The van der Waals surface area contributed by atoms with Crippen LogP contribution in [0.15, 0.2) is 54.6 Å². The Morgan fingerprint density at radius 3 is 2.35 bits per heavy atom. The second-order valence-corrected chi connectivity index (χ2v) is 10.7. The van der Waals surface area contributed by atoms with Crippen LogP contribution in [0.5, 0.6) is 0 Å². The van der Waals surface area contributed by atoms with E-state index in [1.54, 1.807) is 16.7 Å². The van der Waals surface area contributed by atoms with Gasteiger partial charge in [-0.15, -0.1) is 0 Å². The zero-order valence-corrected chi connectivity index (χ0v) is 21.9. The fourth-order valence-electron chi connectivity index (χ4n) is 6.78. The molecule has 8 nitrogen and oxygen atoms in total. The highest BCUT2D eigenvalue weighted by molar-refractivity contribution is 6.00. The number of hydrogen-bond donors (Lipinski definition) is 1. The Morgan fingerprint density at radius 2 is 1.68 bits per heavy atom. The van der Waals surface area contributed by atoms with Gasteiger partial charge in [-0.2, -0.15) is 0 Å². The first-order valence-corrected chi connectivity index (χ1v) is 13.4. The Labute approximate surface area is 218 Å². The van der Waals surface area contributed by atoms with Gasteiger partial charge in [0.25, 0.3) is 0 Å². The SMILES string of the molecule is CCCN1CC=C[C@]2(CC)O[C@]34C=CCN(Cc5ccccc5)C(=O)C3N([C@H](C)CO)C(=O)[C@@H]4[C@@H]2C1=O. The third-order valence-corrected chi connectivity index (χ3v) is 8.49. The number of likely N-dealkylation sites (tertiary alicyclic amines) is 1. The molecule has 4 heterocycles. The molecular formula is C29H37N3O5. The summed E-state index contributed by atoms with van der Waals surface area (Å²) in [6.07, 6.45) is 8.99. The minimum atomic E-state index is -1.29. The number of aliphatic hydroxyl groups is 1. The van der Waals surface area contributed by atoms with Gasteiger partial charge < -0.3 is 24.5 Å². The van der Waals surface area contributed by atoms with Crippen molar-refractivity contribution >= 4 is 17.7 Å². The molecule has 1 aromatic rings. The van der Waals surface area contributed by atoms with Crippen LogP contribution in [-0.4, -0.2) is 87.1 Å². The van der Waals surface area contributed by atoms with Crippen LogP contribution in [0, 0.1) is 11.8 Å². The summed E-state index contributed by atoms with van der Waals surface area (Å²) in [7, 11) is 0. The molecule has 3 amide bonds. The molecule has 4 aliphatic heterocycles. The number of carbonyl (C=O) groups is 3. The summed E-state index contributed by atoms with van der Waals surface area (Å²) in [5.74, 6) is -2.22. The van der Waals surface area contributed by atoms with Gasteiger partial charge in [0.05, 0.1) is 30.1 Å². The maximum atomic E-state index is 14.3. The van der Waals surface area contributed by atoms with Crippen LogP contribution in [0.25, 0.3) is 0 Å². The van der Waals surface area contributed by atoms with Crippen LogP contribution in [0.3, 0.4) is 0 Å². The lowest BCUT2D eigenvalue weighted by Crippen LogP contribution is -2.58. The summed E-state index contributed by atoms with van der Waals surface area (Å²) in [5.41, 5.74) is -1.29. The van der Waals surface area contributed by atoms with Crippen molar-refractivity contribution < 1.29 is 24.2 Å². The monoisotopic (exact) mass is 507 g/mol. The second kappa shape index (κ2) is 9.72. The third kappa shape index (κ3) is 3.84. The maximum absolute atomic E-state index is 14.3. The Bertz CT molecular complexity index is 1120. The number of benzene rings is 1. The average molecular weight is 508 g/mol. The smallest absolute Gasteiger partial charge is 0.249 e. The van der Waals surface area contributed by atoms with Gasteiger partial charge >= 0.3 is 0 Å². The van der Waals surface area contributed by atoms with Gasteiger partial charge in [0.2, 0.25) is 17.7 Å². The molecule has 2 saturated heterocycles. The summed E-state index contributed by atoms with van der Waals surface area (Å²) in [4.78, 5) is 47.6. The number of rotatable bonds is 7. The number of nitrogens with zero attached hydrogens (tertiary/aromatic N) is 3. The standard InChI is InChI=1S/C29H37N3O5/c1-4-15-30-16-9-13-28(5-2)22(25(30)34)23-26(35)32(20(3)19-33)24-27(36)31(17-10-14-29(23,24)37-28)18-21-11-7-6-8-12-21/h6-14,20,22-24,33H,4-5,15-19H2,1-3H3/t20-,22-,23+,24?,28+,29+/m1/s1. The van der Waals surface area contributed by atoms with Gasteiger partial charge in [-0.25, -0.2) is 0 Å². The second-order valence-electron chi connectivity index (χ2n) is 10.7. The molecule has 1 aromatic carbocycles. The Kier molecular flexibility index (Phi) is 6.75. The molecule has 1 N–H and O–H groups in total. The van der Waals surface area contributed by atoms with E-state index in [1.807, 2.05) is 68.5 Å². The summed E-state index contributed by atoms with van der Waals surface area (Å²) in [6.45, 7) is 7.26. The van der Waals surface area contributed by atoms with E-state index in [0.29, 0.717) is 32.6 Å². The van der Waals surface area contributed by atoms with E-state index < -0.39 is 35.1 Å². The number of fused-ring (bicyclic) bond motifs is 2. The maximum Gasteiger partial charge on any atom is 0.249 e. The van der Waals surface area contributed by atoms with Crippen LogP contribution < -0.4 is 0 Å². The first kappa shape index (κ1) is 25.7. The molecule has 0 saturated carbocycles. The summed E-state index contributed by atoms with van der Waals surface area (Å²) in [5, 5.41) is 10.1. The molecule has 37 heavy (non-hydrogen) atoms. The molecule has 0 bridgehead atoms. The predicted molar refractivity (Wildman–Crippen MR) is 138 cm³/mol. The van der Waals surface area contributed by atoms with E-state index in [2.05, 4.69) is 0 Å². The number of aliphatic hydroxyl groups excluding tert-OH is 1. The van der Waals surface area contributed by atoms with E-state index in [0.717, 1.165) is 12.0 Å². The lowest BCUT2D eigenvalue weighted by Gasteiger charge is -2.40. The molecule has 198 valence electrons. The Hall–Kier alpha value is -2.97. The highest BCUT2D eigenvalue weighted by Gasteiger charge is 2.75. The van der Waals surface area contributed by atoms with Crippen LogP contribution in [0.4, 0.5) is 0 Å². The molecule has 4 aliphatic rings. The molecule has 1 unspecified atom stereocenters. The quantitative estimate of drug-likeness (QED) is 0.571. The van der Waals surface area contributed by atoms with Crippen LogP contribution in [0.2, 0.25) is 0 Å². The minimum absolute atomic E-state index is 0.104. The minimum Gasteiger partial charge on any atom is -0.394 e. The highest BCUT2D eigenvalue weighted by Crippen LogP contribution is 2.58. The third-order valence-electron chi connectivity index (χ3n) is 8.49. The molecule has 2 fully saturated rings. The van der Waals surface area contributed by atoms with Crippen LogP contribution in [-0.2, 0) is 25.7 Å². The molecule has 6 atom stereocenters. The van der Waals surface area contributed by atoms with Crippen molar-refractivity contribution in [3.63, 3.8) is 0 Å². The zero-order chi connectivity index (χ0) is 26.4. The van der Waals surface area contributed by atoms with E-state index in [4.69, 9.17) is 4.74 Å². The van der Waals surface area contributed by atoms with Crippen molar-refractivity contribution in [2.24, 2.45) is 11.8 Å². The van der Waals surface area contributed by atoms with Crippen molar-refractivity contribution in [1.82, 2.24) is 14.7 Å². The van der Waals surface area contributed by atoms with E-state index in [-0.39, 0.29) is 24.3 Å². The number of amides is 3. The van der Waals surface area contributed by atoms with Crippen molar-refractivity contribution in [3.05, 3.63) is 60.2 Å². The first-order valence-electron chi connectivity index (χ1n) is 13.4. The fourth-order valence-corrected chi connectivity index (χ4v) is 6.78. The molecule has 0 aromatic heterocycles. The predicted octanol–water partition coefficient (Wildman–Crippen LogP) is 2.14. The average Bonchev–Trinajstić information content (AvgIpc) is 3.21. The van der Waals surface area contributed by atoms with Gasteiger partial charge in [0.15, 0.2) is 0 Å². The van der Waals surface area contributed by atoms with Crippen molar-refractivity contribution in [3.8, 4) is 0 Å². The van der Waals surface area contributed by atoms with Gasteiger partial charge in [-0.1, -0.05) is 68.5 Å². The van der Waals surface area contributed by atoms with Crippen LogP contribution in [0.1, 0.15) is 39.2 Å². The van der Waals surface area contributed by atoms with E-state index >= 15 is 0 Å². The lowest BCUT2D eigenvalue weighted by molar-refractivity contribution is -0.157. The highest BCUT2D eigenvalue weighted by atomic mass is 16.5. The molecule has 0 aliphatic carbocycles. The van der Waals surface area contributed by atoms with Gasteiger partial charge in [-0.3, -0.25) is 14.4 Å². The molecule has 8 heteroatoms.